The van der Waals surface area contributed by atoms with E-state index in [1.807, 2.05) is 23.9 Å². The van der Waals surface area contributed by atoms with Crippen LogP contribution >= 0.6 is 0 Å². The average molecular weight is 191 g/mol. The summed E-state index contributed by atoms with van der Waals surface area (Å²) in [6.45, 7) is 2.98. The fraction of sp³-hybridized carbons (Fsp3) is 0.333. The van der Waals surface area contributed by atoms with E-state index in [9.17, 15) is 0 Å². The summed E-state index contributed by atoms with van der Waals surface area (Å²) >= 11 is 0. The van der Waals surface area contributed by atoms with Gasteiger partial charge in [0.15, 0.2) is 0 Å². The van der Waals surface area contributed by atoms with Gasteiger partial charge < -0.3 is 10.3 Å². The fourth-order valence-corrected chi connectivity index (χ4v) is 1.27. The van der Waals surface area contributed by atoms with Crippen LogP contribution in [-0.4, -0.2) is 19.3 Å². The third kappa shape index (κ3) is 1.37. The number of hydrogen-bond acceptors (Lipinski definition) is 3. The molecule has 0 aliphatic rings. The molecule has 0 saturated carbocycles. The molecule has 5 nitrogen and oxygen atoms in total. The summed E-state index contributed by atoms with van der Waals surface area (Å²) in [5.74, 6) is 0.644. The van der Waals surface area contributed by atoms with Crippen LogP contribution in [0.1, 0.15) is 6.92 Å². The Bertz CT molecular complexity index is 420. The van der Waals surface area contributed by atoms with Gasteiger partial charge in [-0.15, -0.1) is 0 Å². The quantitative estimate of drug-likeness (QED) is 0.766. The second kappa shape index (κ2) is 3.17. The third-order valence-corrected chi connectivity index (χ3v) is 2.18. The SMILES string of the molecule is CCn1cnc(-c2cc(N)n(C)n2)c1. The minimum atomic E-state index is 0.644. The Kier molecular flexibility index (Phi) is 1.99. The van der Waals surface area contributed by atoms with Crippen LogP contribution < -0.4 is 5.73 Å². The standard InChI is InChI=1S/C9H13N5/c1-3-14-5-8(11-6-14)7-4-9(10)13(2)12-7/h4-6H,3,10H2,1-2H3. The summed E-state index contributed by atoms with van der Waals surface area (Å²) in [7, 11) is 1.82. The highest BCUT2D eigenvalue weighted by Crippen LogP contribution is 2.17. The van der Waals surface area contributed by atoms with E-state index in [4.69, 9.17) is 5.73 Å². The summed E-state index contributed by atoms with van der Waals surface area (Å²) in [5, 5.41) is 4.24. The van der Waals surface area contributed by atoms with E-state index in [1.165, 1.54) is 0 Å². The van der Waals surface area contributed by atoms with Crippen molar-refractivity contribution in [3.8, 4) is 11.4 Å². The number of nitrogens with two attached hydrogens (primary N) is 1. The summed E-state index contributed by atoms with van der Waals surface area (Å²) in [6, 6.07) is 1.82. The first-order valence-corrected chi connectivity index (χ1v) is 4.52. The van der Waals surface area contributed by atoms with Crippen molar-refractivity contribution in [3.63, 3.8) is 0 Å². The number of nitrogens with zero attached hydrogens (tertiary/aromatic N) is 4. The van der Waals surface area contributed by atoms with Crippen molar-refractivity contribution in [2.75, 3.05) is 5.73 Å². The lowest BCUT2D eigenvalue weighted by molar-refractivity contribution is 0.761. The zero-order chi connectivity index (χ0) is 10.1. The maximum atomic E-state index is 5.68. The van der Waals surface area contributed by atoms with Crippen molar-refractivity contribution in [1.82, 2.24) is 19.3 Å². The van der Waals surface area contributed by atoms with Crippen LogP contribution in [-0.2, 0) is 13.6 Å². The van der Waals surface area contributed by atoms with Crippen LogP contribution in [0, 0.1) is 0 Å². The van der Waals surface area contributed by atoms with Gasteiger partial charge in [0, 0.05) is 25.9 Å². The molecule has 5 heteroatoms. The Labute approximate surface area is 82.2 Å². The van der Waals surface area contributed by atoms with Crippen LogP contribution in [0.5, 0.6) is 0 Å². The van der Waals surface area contributed by atoms with Gasteiger partial charge in [0.25, 0.3) is 0 Å². The zero-order valence-corrected chi connectivity index (χ0v) is 8.31. The maximum absolute atomic E-state index is 5.68. The summed E-state index contributed by atoms with van der Waals surface area (Å²) in [5.41, 5.74) is 7.36. The van der Waals surface area contributed by atoms with E-state index >= 15 is 0 Å². The van der Waals surface area contributed by atoms with Gasteiger partial charge in [-0.05, 0) is 6.92 Å². The normalized spacial score (nSPS) is 10.7. The first kappa shape index (κ1) is 8.80. The zero-order valence-electron chi connectivity index (χ0n) is 8.31. The van der Waals surface area contributed by atoms with Gasteiger partial charge in [-0.25, -0.2) is 4.98 Å². The molecule has 0 spiro atoms. The molecule has 0 radical (unpaired) electrons. The molecule has 0 unspecified atom stereocenters. The van der Waals surface area contributed by atoms with E-state index < -0.39 is 0 Å². The predicted molar refractivity (Wildman–Crippen MR) is 54.5 cm³/mol. The van der Waals surface area contributed by atoms with Gasteiger partial charge in [0.2, 0.25) is 0 Å². The highest BCUT2D eigenvalue weighted by molar-refractivity contribution is 5.57. The van der Waals surface area contributed by atoms with Crippen molar-refractivity contribution in [3.05, 3.63) is 18.6 Å². The van der Waals surface area contributed by atoms with Crippen LogP contribution in [0.2, 0.25) is 0 Å². The largest absolute Gasteiger partial charge is 0.384 e. The number of anilines is 1. The van der Waals surface area contributed by atoms with Crippen LogP contribution in [0.3, 0.4) is 0 Å². The minimum absolute atomic E-state index is 0.644. The van der Waals surface area contributed by atoms with Gasteiger partial charge in [0.05, 0.1) is 6.33 Å². The molecular formula is C9H13N5. The monoisotopic (exact) mass is 191 g/mol. The van der Waals surface area contributed by atoms with E-state index in [0.29, 0.717) is 5.82 Å². The maximum Gasteiger partial charge on any atom is 0.122 e. The first-order valence-electron chi connectivity index (χ1n) is 4.52. The second-order valence-electron chi connectivity index (χ2n) is 3.17. The third-order valence-electron chi connectivity index (χ3n) is 2.18. The molecule has 0 bridgehead atoms. The molecule has 0 atom stereocenters. The molecule has 2 rings (SSSR count). The number of aryl methyl sites for hydroxylation is 2. The molecule has 2 aromatic heterocycles. The van der Waals surface area contributed by atoms with Gasteiger partial charge >= 0.3 is 0 Å². The minimum Gasteiger partial charge on any atom is -0.384 e. The number of aromatic nitrogens is 4. The average Bonchev–Trinajstić information content (AvgIpc) is 2.74. The van der Waals surface area contributed by atoms with Crippen LogP contribution in [0.25, 0.3) is 11.4 Å². The van der Waals surface area contributed by atoms with Gasteiger partial charge in [-0.3, -0.25) is 4.68 Å². The number of hydrogen-bond donors (Lipinski definition) is 1. The fourth-order valence-electron chi connectivity index (χ4n) is 1.27. The molecular weight excluding hydrogens is 178 g/mol. The Morgan fingerprint density at radius 1 is 1.43 bits per heavy atom. The first-order chi connectivity index (χ1) is 6.70. The lowest BCUT2D eigenvalue weighted by Crippen LogP contribution is -1.96. The highest BCUT2D eigenvalue weighted by atomic mass is 15.3. The van der Waals surface area contributed by atoms with Gasteiger partial charge in [-0.1, -0.05) is 0 Å². The predicted octanol–water partition coefficient (Wildman–Crippen LogP) is 0.886. The molecule has 14 heavy (non-hydrogen) atoms. The molecule has 0 aliphatic heterocycles. The highest BCUT2D eigenvalue weighted by Gasteiger charge is 2.06. The Morgan fingerprint density at radius 3 is 2.71 bits per heavy atom. The second-order valence-corrected chi connectivity index (χ2v) is 3.17. The lowest BCUT2D eigenvalue weighted by Gasteiger charge is -1.90. The Balaban J connectivity index is 2.39. The topological polar surface area (TPSA) is 61.7 Å². The van der Waals surface area contributed by atoms with Crippen molar-refractivity contribution < 1.29 is 0 Å². The Hall–Kier alpha value is -1.78. The van der Waals surface area contributed by atoms with Gasteiger partial charge in [0.1, 0.15) is 17.2 Å². The van der Waals surface area contributed by atoms with Crippen molar-refractivity contribution in [2.24, 2.45) is 7.05 Å². The van der Waals surface area contributed by atoms with Crippen LogP contribution in [0.15, 0.2) is 18.6 Å². The number of rotatable bonds is 2. The van der Waals surface area contributed by atoms with Gasteiger partial charge in [-0.2, -0.15) is 5.10 Å². The molecule has 74 valence electrons. The van der Waals surface area contributed by atoms with E-state index in [2.05, 4.69) is 17.0 Å². The molecule has 0 aliphatic carbocycles. The molecule has 2 aromatic rings. The smallest absolute Gasteiger partial charge is 0.122 e. The molecule has 2 N–H and O–H groups in total. The molecule has 0 aromatic carbocycles. The molecule has 0 amide bonds. The van der Waals surface area contributed by atoms with Crippen molar-refractivity contribution >= 4 is 5.82 Å². The summed E-state index contributed by atoms with van der Waals surface area (Å²) in [4.78, 5) is 4.24. The lowest BCUT2D eigenvalue weighted by atomic mass is 10.3. The summed E-state index contributed by atoms with van der Waals surface area (Å²) < 4.78 is 3.64. The molecule has 0 fully saturated rings. The van der Waals surface area contributed by atoms with Crippen molar-refractivity contribution in [2.45, 2.75) is 13.5 Å². The molecule has 2 heterocycles. The van der Waals surface area contributed by atoms with E-state index in [1.54, 1.807) is 11.0 Å². The number of nitrogen functional groups attached to an aromatic ring is 1. The number of imidazole rings is 1. The van der Waals surface area contributed by atoms with E-state index in [-0.39, 0.29) is 0 Å². The van der Waals surface area contributed by atoms with E-state index in [0.717, 1.165) is 17.9 Å². The molecule has 0 saturated heterocycles. The Morgan fingerprint density at radius 2 is 2.21 bits per heavy atom. The summed E-state index contributed by atoms with van der Waals surface area (Å²) in [6.07, 6.45) is 3.75. The van der Waals surface area contributed by atoms with Crippen LogP contribution in [0.4, 0.5) is 5.82 Å². The van der Waals surface area contributed by atoms with Crippen molar-refractivity contribution in [1.29, 1.82) is 0 Å².